The first-order chi connectivity index (χ1) is 11.8. The Bertz CT molecular complexity index is 339. The van der Waals surface area contributed by atoms with E-state index in [9.17, 15) is 5.11 Å². The summed E-state index contributed by atoms with van der Waals surface area (Å²) in [6.07, 6.45) is 22.1. The summed E-state index contributed by atoms with van der Waals surface area (Å²) in [5.41, 5.74) is 0. The molecule has 1 rings (SSSR count). The molecule has 140 valence electrons. The minimum absolute atomic E-state index is 0.0621. The van der Waals surface area contributed by atoms with Gasteiger partial charge in [-0.3, -0.25) is 4.99 Å². The van der Waals surface area contributed by atoms with Gasteiger partial charge in [0.15, 0.2) is 0 Å². The largest absolute Gasteiger partial charge is 0.393 e. The summed E-state index contributed by atoms with van der Waals surface area (Å²) in [6, 6.07) is 0. The molecule has 2 N–H and O–H groups in total. The first-order valence-corrected chi connectivity index (χ1v) is 10.4. The first kappa shape index (κ1) is 21.2. The molecule has 0 aromatic heterocycles. The average Bonchev–Trinajstić information content (AvgIpc) is 3.11. The number of aliphatic imine (C=N–C) groups is 1. The number of aliphatic hydroxyl groups is 1. The molecule has 1 unspecified atom stereocenters. The zero-order valence-electron chi connectivity index (χ0n) is 15.9. The molecule has 24 heavy (non-hydrogen) atoms. The number of rotatable bonds is 16. The van der Waals surface area contributed by atoms with Crippen LogP contribution in [0.5, 0.6) is 0 Å². The number of unbranched alkanes of at least 4 members (excludes halogenated alkanes) is 10. The molecule has 1 atom stereocenters. The van der Waals surface area contributed by atoms with Gasteiger partial charge < -0.3 is 10.4 Å². The fraction of sp³-hybridized carbons (Fsp3) is 0.857. The predicted octanol–water partition coefficient (Wildman–Crippen LogP) is 5.39. The molecular weight excluding hydrogens is 296 g/mol. The average molecular weight is 337 g/mol. The zero-order valence-corrected chi connectivity index (χ0v) is 15.9. The van der Waals surface area contributed by atoms with Crippen molar-refractivity contribution in [3.8, 4) is 0 Å². The quantitative estimate of drug-likeness (QED) is 0.293. The van der Waals surface area contributed by atoms with Crippen molar-refractivity contribution in [3.05, 3.63) is 12.2 Å². The maximum absolute atomic E-state index is 9.49. The molecule has 0 saturated carbocycles. The highest BCUT2D eigenvalue weighted by atomic mass is 16.3. The summed E-state index contributed by atoms with van der Waals surface area (Å²) in [7, 11) is 0. The van der Waals surface area contributed by atoms with Gasteiger partial charge in [0.25, 0.3) is 0 Å². The molecule has 3 nitrogen and oxygen atoms in total. The van der Waals surface area contributed by atoms with Crippen LogP contribution in [0.2, 0.25) is 0 Å². The van der Waals surface area contributed by atoms with Crippen LogP contribution in [-0.2, 0) is 0 Å². The number of nitrogens with one attached hydrogen (secondary N) is 1. The highest BCUT2D eigenvalue weighted by Crippen LogP contribution is 2.13. The van der Waals surface area contributed by atoms with Gasteiger partial charge in [0.2, 0.25) is 0 Å². The monoisotopic (exact) mass is 336 g/mol. The molecule has 0 fully saturated rings. The highest BCUT2D eigenvalue weighted by Gasteiger charge is 2.01. The normalized spacial score (nSPS) is 15.7. The lowest BCUT2D eigenvalue weighted by atomic mass is 10.0. The third-order valence-electron chi connectivity index (χ3n) is 4.85. The van der Waals surface area contributed by atoms with Crippen LogP contribution >= 0.6 is 0 Å². The summed E-state index contributed by atoms with van der Waals surface area (Å²) in [4.78, 5) is 4.39. The molecule has 1 heterocycles. The van der Waals surface area contributed by atoms with Gasteiger partial charge in [-0.05, 0) is 25.7 Å². The molecule has 0 amide bonds. The van der Waals surface area contributed by atoms with Gasteiger partial charge in [-0.2, -0.15) is 0 Å². The number of allylic oxidation sites excluding steroid dienone is 1. The van der Waals surface area contributed by atoms with E-state index in [2.05, 4.69) is 29.4 Å². The maximum Gasteiger partial charge on any atom is 0.100 e. The van der Waals surface area contributed by atoms with Gasteiger partial charge in [-0.1, -0.05) is 76.9 Å². The van der Waals surface area contributed by atoms with Crippen molar-refractivity contribution >= 4 is 5.84 Å². The SMILES string of the molecule is CCC(O)CCCCCCCCCCCCC=CCC1=NCCN1. The van der Waals surface area contributed by atoms with E-state index in [0.717, 1.165) is 38.2 Å². The molecule has 0 aromatic carbocycles. The number of amidine groups is 1. The molecule has 1 aliphatic heterocycles. The molecule has 3 heteroatoms. The van der Waals surface area contributed by atoms with Gasteiger partial charge in [-0.15, -0.1) is 0 Å². The van der Waals surface area contributed by atoms with Crippen molar-refractivity contribution < 1.29 is 5.11 Å². The van der Waals surface area contributed by atoms with Crippen molar-refractivity contribution in [2.75, 3.05) is 13.1 Å². The van der Waals surface area contributed by atoms with Gasteiger partial charge in [0.05, 0.1) is 12.6 Å². The van der Waals surface area contributed by atoms with Gasteiger partial charge in [-0.25, -0.2) is 0 Å². The summed E-state index contributed by atoms with van der Waals surface area (Å²) >= 11 is 0. The molecule has 0 radical (unpaired) electrons. The Hall–Kier alpha value is -0.830. The number of hydrogen-bond donors (Lipinski definition) is 2. The highest BCUT2D eigenvalue weighted by molar-refractivity contribution is 5.84. The van der Waals surface area contributed by atoms with E-state index in [0.29, 0.717) is 0 Å². The van der Waals surface area contributed by atoms with Gasteiger partial charge >= 0.3 is 0 Å². The fourth-order valence-corrected chi connectivity index (χ4v) is 3.16. The standard InChI is InChI=1S/C21H40N2O/c1-2-20(24)16-14-12-10-8-6-4-3-5-7-9-11-13-15-17-21-22-18-19-23-21/h13,15,20,24H,2-12,14,16-19H2,1H3,(H,22,23). The van der Waals surface area contributed by atoms with Crippen LogP contribution < -0.4 is 5.32 Å². The number of aliphatic hydroxyl groups excluding tert-OH is 1. The van der Waals surface area contributed by atoms with Crippen molar-refractivity contribution in [1.82, 2.24) is 5.32 Å². The third kappa shape index (κ3) is 12.6. The molecule has 0 bridgehead atoms. The second-order valence-electron chi connectivity index (χ2n) is 7.11. The summed E-state index contributed by atoms with van der Waals surface area (Å²) in [6.45, 7) is 4.03. The van der Waals surface area contributed by atoms with E-state index < -0.39 is 0 Å². The van der Waals surface area contributed by atoms with Crippen LogP contribution in [0.25, 0.3) is 0 Å². The Morgan fingerprint density at radius 1 is 0.958 bits per heavy atom. The lowest BCUT2D eigenvalue weighted by molar-refractivity contribution is 0.156. The minimum atomic E-state index is -0.0621. The van der Waals surface area contributed by atoms with Crippen LogP contribution in [0.1, 0.15) is 96.8 Å². The van der Waals surface area contributed by atoms with Crippen molar-refractivity contribution in [1.29, 1.82) is 0 Å². The smallest absolute Gasteiger partial charge is 0.100 e. The Kier molecular flexibility index (Phi) is 13.9. The van der Waals surface area contributed by atoms with Crippen LogP contribution in [-0.4, -0.2) is 30.1 Å². The van der Waals surface area contributed by atoms with Gasteiger partial charge in [0, 0.05) is 13.0 Å². The number of nitrogens with zero attached hydrogens (tertiary/aromatic N) is 1. The van der Waals surface area contributed by atoms with E-state index in [1.165, 1.54) is 70.6 Å². The lowest BCUT2D eigenvalue weighted by Crippen LogP contribution is -2.17. The molecule has 0 aromatic rings. The van der Waals surface area contributed by atoms with E-state index in [1.54, 1.807) is 0 Å². The topological polar surface area (TPSA) is 44.6 Å². The molecule has 1 aliphatic rings. The van der Waals surface area contributed by atoms with Gasteiger partial charge in [0.1, 0.15) is 5.84 Å². The molecule has 0 spiro atoms. The predicted molar refractivity (Wildman–Crippen MR) is 106 cm³/mol. The van der Waals surface area contributed by atoms with Crippen LogP contribution in [0.3, 0.4) is 0 Å². The first-order valence-electron chi connectivity index (χ1n) is 10.4. The molecule has 0 aliphatic carbocycles. The minimum Gasteiger partial charge on any atom is -0.393 e. The molecule has 0 saturated heterocycles. The van der Waals surface area contributed by atoms with Crippen LogP contribution in [0.4, 0.5) is 0 Å². The van der Waals surface area contributed by atoms with Crippen LogP contribution in [0.15, 0.2) is 17.1 Å². The van der Waals surface area contributed by atoms with E-state index in [-0.39, 0.29) is 6.10 Å². The van der Waals surface area contributed by atoms with Crippen molar-refractivity contribution in [3.63, 3.8) is 0 Å². The Labute approximate surface area is 150 Å². The Balaban J connectivity index is 1.72. The maximum atomic E-state index is 9.49. The number of hydrogen-bond acceptors (Lipinski definition) is 3. The summed E-state index contributed by atoms with van der Waals surface area (Å²) in [5, 5.41) is 12.8. The third-order valence-corrected chi connectivity index (χ3v) is 4.85. The van der Waals surface area contributed by atoms with Crippen LogP contribution in [0, 0.1) is 0 Å². The summed E-state index contributed by atoms with van der Waals surface area (Å²) in [5.74, 6) is 1.16. The van der Waals surface area contributed by atoms with E-state index in [4.69, 9.17) is 0 Å². The lowest BCUT2D eigenvalue weighted by Gasteiger charge is -2.06. The fourth-order valence-electron chi connectivity index (χ4n) is 3.16. The van der Waals surface area contributed by atoms with Crippen molar-refractivity contribution in [2.45, 2.75) is 103 Å². The van der Waals surface area contributed by atoms with E-state index in [1.807, 2.05) is 0 Å². The summed E-state index contributed by atoms with van der Waals surface area (Å²) < 4.78 is 0. The Morgan fingerprint density at radius 3 is 2.17 bits per heavy atom. The second kappa shape index (κ2) is 15.7. The second-order valence-corrected chi connectivity index (χ2v) is 7.11. The van der Waals surface area contributed by atoms with E-state index >= 15 is 0 Å². The molecular formula is C21H40N2O. The van der Waals surface area contributed by atoms with Crippen molar-refractivity contribution in [2.24, 2.45) is 4.99 Å². The zero-order chi connectivity index (χ0) is 17.3. The Morgan fingerprint density at radius 2 is 1.58 bits per heavy atom.